The SMILES string of the molecule is C=C(C)C(O)c1ccccc1C1CC1. The van der Waals surface area contributed by atoms with E-state index >= 15 is 0 Å². The molecule has 1 aromatic carbocycles. The number of benzene rings is 1. The number of rotatable bonds is 3. The van der Waals surface area contributed by atoms with Gasteiger partial charge in [-0.05, 0) is 42.4 Å². The predicted octanol–water partition coefficient (Wildman–Crippen LogP) is 3.17. The van der Waals surface area contributed by atoms with Gasteiger partial charge in [0.1, 0.15) is 0 Å². The summed E-state index contributed by atoms with van der Waals surface area (Å²) in [5, 5.41) is 9.96. The first-order valence-corrected chi connectivity index (χ1v) is 5.12. The topological polar surface area (TPSA) is 20.2 Å². The zero-order valence-corrected chi connectivity index (χ0v) is 8.53. The van der Waals surface area contributed by atoms with Crippen LogP contribution in [0.4, 0.5) is 0 Å². The van der Waals surface area contributed by atoms with Gasteiger partial charge in [0.2, 0.25) is 0 Å². The molecular weight excluding hydrogens is 172 g/mol. The molecule has 0 saturated heterocycles. The van der Waals surface area contributed by atoms with Crippen molar-refractivity contribution < 1.29 is 5.11 Å². The highest BCUT2D eigenvalue weighted by Crippen LogP contribution is 2.43. The number of hydrogen-bond acceptors (Lipinski definition) is 1. The largest absolute Gasteiger partial charge is 0.384 e. The number of hydrogen-bond donors (Lipinski definition) is 1. The third kappa shape index (κ3) is 1.73. The van der Waals surface area contributed by atoms with Gasteiger partial charge in [-0.1, -0.05) is 30.8 Å². The maximum Gasteiger partial charge on any atom is 0.0998 e. The molecule has 1 aromatic rings. The van der Waals surface area contributed by atoms with E-state index < -0.39 is 6.10 Å². The molecule has 0 aliphatic heterocycles. The molecule has 0 spiro atoms. The number of aliphatic hydroxyl groups is 1. The van der Waals surface area contributed by atoms with Gasteiger partial charge in [-0.15, -0.1) is 0 Å². The number of aliphatic hydroxyl groups excluding tert-OH is 1. The van der Waals surface area contributed by atoms with E-state index in [1.54, 1.807) is 0 Å². The Hall–Kier alpha value is -1.08. The molecule has 0 bridgehead atoms. The lowest BCUT2D eigenvalue weighted by molar-refractivity contribution is 0.215. The molecule has 0 amide bonds. The lowest BCUT2D eigenvalue weighted by Gasteiger charge is -2.15. The first-order valence-electron chi connectivity index (χ1n) is 5.12. The van der Waals surface area contributed by atoms with E-state index in [4.69, 9.17) is 0 Å². The monoisotopic (exact) mass is 188 g/mol. The second-order valence-electron chi connectivity index (χ2n) is 4.15. The van der Waals surface area contributed by atoms with Crippen molar-refractivity contribution >= 4 is 0 Å². The van der Waals surface area contributed by atoms with E-state index in [0.29, 0.717) is 5.92 Å². The van der Waals surface area contributed by atoms with Gasteiger partial charge in [-0.3, -0.25) is 0 Å². The maximum absolute atomic E-state index is 9.96. The highest BCUT2D eigenvalue weighted by atomic mass is 16.3. The summed E-state index contributed by atoms with van der Waals surface area (Å²) in [4.78, 5) is 0. The standard InChI is InChI=1S/C13H16O/c1-9(2)13(14)12-6-4-3-5-11(12)10-7-8-10/h3-6,10,13-14H,1,7-8H2,2H3. The minimum absolute atomic E-state index is 0.494. The maximum atomic E-state index is 9.96. The van der Waals surface area contributed by atoms with Crippen LogP contribution in [0.15, 0.2) is 36.4 Å². The van der Waals surface area contributed by atoms with Crippen LogP contribution in [0.3, 0.4) is 0 Å². The van der Waals surface area contributed by atoms with Crippen LogP contribution in [0.25, 0.3) is 0 Å². The quantitative estimate of drug-likeness (QED) is 0.722. The summed E-state index contributed by atoms with van der Waals surface area (Å²) in [7, 11) is 0. The van der Waals surface area contributed by atoms with Gasteiger partial charge in [0.05, 0.1) is 6.10 Å². The molecule has 1 aliphatic carbocycles. The van der Waals surface area contributed by atoms with Crippen LogP contribution in [-0.4, -0.2) is 5.11 Å². The van der Waals surface area contributed by atoms with E-state index in [1.165, 1.54) is 18.4 Å². The van der Waals surface area contributed by atoms with Crippen LogP contribution < -0.4 is 0 Å². The van der Waals surface area contributed by atoms with E-state index in [2.05, 4.69) is 12.6 Å². The van der Waals surface area contributed by atoms with Gasteiger partial charge in [-0.25, -0.2) is 0 Å². The van der Waals surface area contributed by atoms with Crippen LogP contribution in [0.1, 0.15) is 42.9 Å². The minimum Gasteiger partial charge on any atom is -0.384 e. The van der Waals surface area contributed by atoms with Crippen LogP contribution in [0.2, 0.25) is 0 Å². The summed E-state index contributed by atoms with van der Waals surface area (Å²) in [6, 6.07) is 8.15. The van der Waals surface area contributed by atoms with Crippen molar-refractivity contribution in [2.75, 3.05) is 0 Å². The molecule has 1 aliphatic rings. The van der Waals surface area contributed by atoms with Crippen molar-refractivity contribution in [3.8, 4) is 0 Å². The zero-order chi connectivity index (χ0) is 10.1. The van der Waals surface area contributed by atoms with Crippen molar-refractivity contribution in [1.82, 2.24) is 0 Å². The predicted molar refractivity (Wildman–Crippen MR) is 58.2 cm³/mol. The summed E-state index contributed by atoms with van der Waals surface area (Å²) < 4.78 is 0. The van der Waals surface area contributed by atoms with Gasteiger partial charge in [0.15, 0.2) is 0 Å². The Bertz CT molecular complexity index is 350. The Morgan fingerprint density at radius 1 is 1.43 bits per heavy atom. The molecule has 0 radical (unpaired) electrons. The average molecular weight is 188 g/mol. The highest BCUT2D eigenvalue weighted by Gasteiger charge is 2.27. The van der Waals surface area contributed by atoms with Crippen molar-refractivity contribution in [2.24, 2.45) is 0 Å². The molecule has 1 nitrogen and oxygen atoms in total. The van der Waals surface area contributed by atoms with Crippen molar-refractivity contribution in [3.05, 3.63) is 47.5 Å². The van der Waals surface area contributed by atoms with E-state index in [1.807, 2.05) is 25.1 Å². The van der Waals surface area contributed by atoms with E-state index in [0.717, 1.165) is 11.1 Å². The van der Waals surface area contributed by atoms with Crippen molar-refractivity contribution in [1.29, 1.82) is 0 Å². The molecule has 1 heteroatoms. The summed E-state index contributed by atoms with van der Waals surface area (Å²) in [6.45, 7) is 5.67. The van der Waals surface area contributed by atoms with Crippen LogP contribution in [0, 0.1) is 0 Å². The second-order valence-corrected chi connectivity index (χ2v) is 4.15. The molecule has 1 unspecified atom stereocenters. The van der Waals surface area contributed by atoms with Gasteiger partial charge in [0.25, 0.3) is 0 Å². The Morgan fingerprint density at radius 3 is 2.64 bits per heavy atom. The van der Waals surface area contributed by atoms with E-state index in [9.17, 15) is 5.11 Å². The molecule has 74 valence electrons. The fourth-order valence-corrected chi connectivity index (χ4v) is 1.79. The van der Waals surface area contributed by atoms with Gasteiger partial charge >= 0.3 is 0 Å². The molecule has 0 heterocycles. The fourth-order valence-electron chi connectivity index (χ4n) is 1.79. The summed E-state index contributed by atoms with van der Waals surface area (Å²) >= 11 is 0. The van der Waals surface area contributed by atoms with Gasteiger partial charge in [0, 0.05) is 0 Å². The third-order valence-electron chi connectivity index (χ3n) is 2.77. The highest BCUT2D eigenvalue weighted by molar-refractivity contribution is 5.37. The Balaban J connectivity index is 2.35. The van der Waals surface area contributed by atoms with Crippen LogP contribution in [-0.2, 0) is 0 Å². The van der Waals surface area contributed by atoms with Crippen molar-refractivity contribution in [3.63, 3.8) is 0 Å². The molecule has 2 rings (SSSR count). The lowest BCUT2D eigenvalue weighted by Crippen LogP contribution is -2.01. The molecular formula is C13H16O. The summed E-state index contributed by atoms with van der Waals surface area (Å²) in [6.07, 6.45) is 2.03. The molecule has 1 atom stereocenters. The van der Waals surface area contributed by atoms with Gasteiger partial charge in [-0.2, -0.15) is 0 Å². The average Bonchev–Trinajstić information content (AvgIpc) is 3.00. The molecule has 0 aromatic heterocycles. The molecule has 1 N–H and O–H groups in total. The first-order chi connectivity index (χ1) is 6.70. The van der Waals surface area contributed by atoms with E-state index in [-0.39, 0.29) is 0 Å². The smallest absolute Gasteiger partial charge is 0.0998 e. The minimum atomic E-state index is -0.494. The molecule has 1 fully saturated rings. The Labute approximate surface area is 85.1 Å². The zero-order valence-electron chi connectivity index (χ0n) is 8.53. The molecule has 14 heavy (non-hydrogen) atoms. The Morgan fingerprint density at radius 2 is 2.07 bits per heavy atom. The van der Waals surface area contributed by atoms with Crippen LogP contribution >= 0.6 is 0 Å². The third-order valence-corrected chi connectivity index (χ3v) is 2.77. The summed E-state index contributed by atoms with van der Waals surface area (Å²) in [5.41, 5.74) is 3.17. The van der Waals surface area contributed by atoms with Crippen LogP contribution in [0.5, 0.6) is 0 Å². The lowest BCUT2D eigenvalue weighted by atomic mass is 9.96. The second kappa shape index (κ2) is 3.58. The fraction of sp³-hybridized carbons (Fsp3) is 0.385. The Kier molecular flexibility index (Phi) is 2.42. The summed E-state index contributed by atoms with van der Waals surface area (Å²) in [5.74, 6) is 0.681. The first kappa shape index (κ1) is 9.47. The van der Waals surface area contributed by atoms with Gasteiger partial charge < -0.3 is 5.11 Å². The normalized spacial score (nSPS) is 17.9. The molecule has 1 saturated carbocycles. The van der Waals surface area contributed by atoms with Crippen molar-refractivity contribution in [2.45, 2.75) is 31.8 Å².